The number of halogens is 1. The molecule has 2 aromatic rings. The Morgan fingerprint density at radius 2 is 1.76 bits per heavy atom. The van der Waals surface area contributed by atoms with Crippen LogP contribution in [0.2, 0.25) is 0 Å². The standard InChI is InChI=1S/C29H38FN5O6/c1-20-5-7-23(8-6-20)19-41-16-15-32(3)28(39)25(13-14-27(37)38)34-21(2)35(33(4)18-26(34)36)29(40)31-17-22-9-11-24(30)12-10-22/h5-12,21,25H,13-19H2,1-4H3,(H,31,40)(H,37,38). The minimum Gasteiger partial charge on any atom is -0.481 e. The minimum atomic E-state index is -1.10. The van der Waals surface area contributed by atoms with Crippen molar-refractivity contribution in [3.8, 4) is 0 Å². The molecule has 0 spiro atoms. The number of hydrogen-bond donors (Lipinski definition) is 2. The summed E-state index contributed by atoms with van der Waals surface area (Å²) in [5.74, 6) is -2.34. The summed E-state index contributed by atoms with van der Waals surface area (Å²) in [7, 11) is 3.15. The molecule has 2 aromatic carbocycles. The third kappa shape index (κ3) is 8.73. The molecule has 12 heteroatoms. The molecule has 1 fully saturated rings. The third-order valence-corrected chi connectivity index (χ3v) is 6.93. The van der Waals surface area contributed by atoms with Crippen LogP contribution in [0.5, 0.6) is 0 Å². The van der Waals surface area contributed by atoms with Crippen molar-refractivity contribution < 1.29 is 33.4 Å². The van der Waals surface area contributed by atoms with Crippen molar-refractivity contribution in [3.63, 3.8) is 0 Å². The molecule has 4 amide bonds. The molecule has 1 saturated heterocycles. The van der Waals surface area contributed by atoms with Crippen molar-refractivity contribution in [2.75, 3.05) is 33.8 Å². The van der Waals surface area contributed by atoms with Crippen LogP contribution in [0.15, 0.2) is 48.5 Å². The predicted octanol–water partition coefficient (Wildman–Crippen LogP) is 2.59. The van der Waals surface area contributed by atoms with Crippen molar-refractivity contribution >= 4 is 23.8 Å². The second-order valence-corrected chi connectivity index (χ2v) is 10.1. The van der Waals surface area contributed by atoms with Gasteiger partial charge in [-0.05, 0) is 43.5 Å². The minimum absolute atomic E-state index is 0.117. The van der Waals surface area contributed by atoms with Crippen LogP contribution in [0.4, 0.5) is 9.18 Å². The topological polar surface area (TPSA) is 123 Å². The molecule has 0 bridgehead atoms. The Morgan fingerprint density at radius 1 is 1.12 bits per heavy atom. The van der Waals surface area contributed by atoms with E-state index in [1.54, 1.807) is 33.2 Å². The molecule has 0 radical (unpaired) electrons. The number of amides is 4. The highest BCUT2D eigenvalue weighted by atomic mass is 19.1. The normalized spacial score (nSPS) is 16.4. The van der Waals surface area contributed by atoms with Crippen molar-refractivity contribution in [2.45, 2.75) is 52.0 Å². The molecule has 41 heavy (non-hydrogen) atoms. The molecule has 0 aromatic heterocycles. The maximum Gasteiger partial charge on any atom is 0.334 e. The molecule has 1 aliphatic heterocycles. The van der Waals surface area contributed by atoms with Crippen LogP contribution in [0.3, 0.4) is 0 Å². The summed E-state index contributed by atoms with van der Waals surface area (Å²) < 4.78 is 18.9. The van der Waals surface area contributed by atoms with Gasteiger partial charge in [0, 0.05) is 33.6 Å². The number of ether oxygens (including phenoxy) is 1. The van der Waals surface area contributed by atoms with Crippen LogP contribution in [0, 0.1) is 12.7 Å². The molecule has 3 rings (SSSR count). The number of likely N-dealkylation sites (N-methyl/N-ethyl adjacent to an activating group) is 2. The van der Waals surface area contributed by atoms with E-state index in [0.717, 1.165) is 11.1 Å². The number of urea groups is 1. The zero-order valence-corrected chi connectivity index (χ0v) is 23.9. The van der Waals surface area contributed by atoms with Gasteiger partial charge >= 0.3 is 12.0 Å². The Labute approximate surface area is 239 Å². The Kier molecular flexibility index (Phi) is 11.2. The van der Waals surface area contributed by atoms with E-state index in [9.17, 15) is 28.7 Å². The number of carboxylic acid groups (broad SMARTS) is 1. The SMILES string of the molecule is Cc1ccc(COCCN(C)C(=O)C(CCC(=O)O)N2C(=O)CN(C)N(C(=O)NCc3ccc(F)cc3)C2C)cc1. The second kappa shape index (κ2) is 14.6. The van der Waals surface area contributed by atoms with E-state index in [4.69, 9.17) is 4.74 Å². The first-order chi connectivity index (χ1) is 19.5. The van der Waals surface area contributed by atoms with E-state index in [1.807, 2.05) is 31.2 Å². The number of benzene rings is 2. The van der Waals surface area contributed by atoms with Crippen molar-refractivity contribution in [3.05, 3.63) is 71.0 Å². The van der Waals surface area contributed by atoms with Crippen LogP contribution in [0.1, 0.15) is 36.5 Å². The first kappa shape index (κ1) is 31.5. The largest absolute Gasteiger partial charge is 0.481 e. The van der Waals surface area contributed by atoms with E-state index in [1.165, 1.54) is 32.0 Å². The molecule has 2 unspecified atom stereocenters. The smallest absolute Gasteiger partial charge is 0.334 e. The molecule has 2 atom stereocenters. The van der Waals surface area contributed by atoms with Gasteiger partial charge in [-0.25, -0.2) is 19.2 Å². The van der Waals surface area contributed by atoms with E-state index < -0.39 is 41.8 Å². The van der Waals surface area contributed by atoms with Crippen LogP contribution in [0.25, 0.3) is 0 Å². The average molecular weight is 572 g/mol. The molecule has 0 saturated carbocycles. The van der Waals surface area contributed by atoms with Crippen molar-refractivity contribution in [1.82, 2.24) is 25.1 Å². The molecule has 1 aliphatic rings. The number of aryl methyl sites for hydroxylation is 1. The Morgan fingerprint density at radius 3 is 2.39 bits per heavy atom. The Hall–Kier alpha value is -4.03. The van der Waals surface area contributed by atoms with Crippen molar-refractivity contribution in [2.24, 2.45) is 0 Å². The number of hydrazine groups is 1. The summed E-state index contributed by atoms with van der Waals surface area (Å²) in [5, 5.41) is 14.9. The zero-order valence-electron chi connectivity index (χ0n) is 23.9. The van der Waals surface area contributed by atoms with Gasteiger partial charge in [-0.2, -0.15) is 0 Å². The summed E-state index contributed by atoms with van der Waals surface area (Å²) >= 11 is 0. The first-order valence-corrected chi connectivity index (χ1v) is 13.4. The van der Waals surface area contributed by atoms with Gasteiger partial charge in [0.25, 0.3) is 0 Å². The van der Waals surface area contributed by atoms with Crippen LogP contribution < -0.4 is 5.32 Å². The van der Waals surface area contributed by atoms with E-state index in [-0.39, 0.29) is 39.1 Å². The van der Waals surface area contributed by atoms with Gasteiger partial charge in [0.2, 0.25) is 11.8 Å². The third-order valence-electron chi connectivity index (χ3n) is 6.93. The number of nitrogens with zero attached hydrogens (tertiary/aromatic N) is 4. The molecular formula is C29H38FN5O6. The molecule has 1 heterocycles. The Balaban J connectivity index is 1.68. The molecule has 222 valence electrons. The molecule has 2 N–H and O–H groups in total. The number of nitrogens with one attached hydrogen (secondary N) is 1. The second-order valence-electron chi connectivity index (χ2n) is 10.1. The quantitative estimate of drug-likeness (QED) is 0.376. The number of carbonyl (C=O) groups excluding carboxylic acids is 3. The molecule has 11 nitrogen and oxygen atoms in total. The number of carboxylic acids is 1. The number of rotatable bonds is 12. The predicted molar refractivity (Wildman–Crippen MR) is 149 cm³/mol. The summed E-state index contributed by atoms with van der Waals surface area (Å²) in [6.45, 7) is 4.39. The maximum absolute atomic E-state index is 13.6. The Bertz CT molecular complexity index is 1210. The number of aliphatic carboxylic acids is 1. The molecular weight excluding hydrogens is 533 g/mol. The van der Waals surface area contributed by atoms with Gasteiger partial charge in [-0.15, -0.1) is 0 Å². The highest BCUT2D eigenvalue weighted by Crippen LogP contribution is 2.23. The summed E-state index contributed by atoms with van der Waals surface area (Å²) in [6, 6.07) is 12.0. The maximum atomic E-state index is 13.6. The summed E-state index contributed by atoms with van der Waals surface area (Å²) in [6.07, 6.45) is -1.34. The summed E-state index contributed by atoms with van der Waals surface area (Å²) in [5.41, 5.74) is 2.82. The van der Waals surface area contributed by atoms with E-state index in [0.29, 0.717) is 12.2 Å². The van der Waals surface area contributed by atoms with Crippen LogP contribution in [-0.4, -0.2) is 94.7 Å². The van der Waals surface area contributed by atoms with Gasteiger partial charge in [-0.1, -0.05) is 42.0 Å². The van der Waals surface area contributed by atoms with Crippen molar-refractivity contribution in [1.29, 1.82) is 0 Å². The van der Waals surface area contributed by atoms with Gasteiger partial charge in [0.15, 0.2) is 0 Å². The average Bonchev–Trinajstić information content (AvgIpc) is 2.92. The zero-order chi connectivity index (χ0) is 30.1. The lowest BCUT2D eigenvalue weighted by molar-refractivity contribution is -0.172. The van der Waals surface area contributed by atoms with E-state index in [2.05, 4.69) is 5.32 Å². The van der Waals surface area contributed by atoms with Gasteiger partial charge in [0.1, 0.15) is 18.0 Å². The fraction of sp³-hybridized carbons (Fsp3) is 0.448. The summed E-state index contributed by atoms with van der Waals surface area (Å²) in [4.78, 5) is 54.0. The number of carbonyl (C=O) groups is 4. The highest BCUT2D eigenvalue weighted by Gasteiger charge is 2.43. The lowest BCUT2D eigenvalue weighted by Gasteiger charge is -2.49. The van der Waals surface area contributed by atoms with Gasteiger partial charge < -0.3 is 25.0 Å². The lowest BCUT2D eigenvalue weighted by Crippen LogP contribution is -2.69. The first-order valence-electron chi connectivity index (χ1n) is 13.4. The monoisotopic (exact) mass is 571 g/mol. The fourth-order valence-electron chi connectivity index (χ4n) is 4.67. The van der Waals surface area contributed by atoms with Crippen LogP contribution in [-0.2, 0) is 32.3 Å². The highest BCUT2D eigenvalue weighted by molar-refractivity contribution is 5.90. The van der Waals surface area contributed by atoms with E-state index >= 15 is 0 Å². The molecule has 0 aliphatic carbocycles. The van der Waals surface area contributed by atoms with Crippen LogP contribution >= 0.6 is 0 Å². The fourth-order valence-corrected chi connectivity index (χ4v) is 4.67. The van der Waals surface area contributed by atoms with Gasteiger partial charge in [0.05, 0.1) is 19.8 Å². The lowest BCUT2D eigenvalue weighted by atomic mass is 10.1. The van der Waals surface area contributed by atoms with Gasteiger partial charge in [-0.3, -0.25) is 14.4 Å². The number of hydrogen-bond acceptors (Lipinski definition) is 6.